The van der Waals surface area contributed by atoms with Gasteiger partial charge in [0.05, 0.1) is 10.4 Å². The van der Waals surface area contributed by atoms with Crippen molar-refractivity contribution in [1.82, 2.24) is 4.98 Å². The van der Waals surface area contributed by atoms with E-state index in [1.807, 2.05) is 12.1 Å². The summed E-state index contributed by atoms with van der Waals surface area (Å²) in [5.41, 5.74) is 6.60. The molecule has 1 aromatic carbocycles. The van der Waals surface area contributed by atoms with Crippen LogP contribution in [0, 0.1) is 16.0 Å². The zero-order chi connectivity index (χ0) is 14.8. The number of piperidine rings is 1. The molecule has 1 aliphatic heterocycles. The van der Waals surface area contributed by atoms with Gasteiger partial charge in [-0.3, -0.25) is 10.1 Å². The molecule has 0 spiro atoms. The minimum Gasteiger partial charge on any atom is -0.357 e. The lowest BCUT2D eigenvalue weighted by atomic mass is 9.97. The van der Waals surface area contributed by atoms with Gasteiger partial charge in [-0.15, -0.1) is 0 Å². The lowest BCUT2D eigenvalue weighted by Gasteiger charge is -2.32. The van der Waals surface area contributed by atoms with Gasteiger partial charge in [-0.1, -0.05) is 0 Å². The Morgan fingerprint density at radius 3 is 2.71 bits per heavy atom. The first-order chi connectivity index (χ1) is 10.2. The van der Waals surface area contributed by atoms with Crippen LogP contribution >= 0.6 is 0 Å². The van der Waals surface area contributed by atoms with E-state index in [1.54, 1.807) is 12.1 Å². The lowest BCUT2D eigenvalue weighted by molar-refractivity contribution is -0.384. The zero-order valence-corrected chi connectivity index (χ0v) is 11.7. The molecule has 1 aromatic heterocycles. The number of nitrogens with two attached hydrogens (primary N) is 1. The molecular weight excluding hydrogens is 268 g/mol. The molecule has 0 radical (unpaired) electrons. The highest BCUT2D eigenvalue weighted by Gasteiger charge is 2.19. The van der Waals surface area contributed by atoms with E-state index in [0.29, 0.717) is 5.92 Å². The van der Waals surface area contributed by atoms with Gasteiger partial charge in [0.2, 0.25) is 0 Å². The van der Waals surface area contributed by atoms with Crippen LogP contribution in [0.1, 0.15) is 12.8 Å². The summed E-state index contributed by atoms with van der Waals surface area (Å²) in [5.74, 6) is 1.55. The smallest absolute Gasteiger partial charge is 0.270 e. The predicted molar refractivity (Wildman–Crippen MR) is 82.4 cm³/mol. The van der Waals surface area contributed by atoms with E-state index in [1.165, 1.54) is 6.07 Å². The lowest BCUT2D eigenvalue weighted by Crippen LogP contribution is -2.36. The van der Waals surface area contributed by atoms with Crippen LogP contribution < -0.4 is 10.6 Å². The average Bonchev–Trinajstić information content (AvgIpc) is 2.54. The number of hydrogen-bond donors (Lipinski definition) is 1. The maximum atomic E-state index is 10.8. The fourth-order valence-electron chi connectivity index (χ4n) is 2.79. The summed E-state index contributed by atoms with van der Waals surface area (Å²) >= 11 is 0. The van der Waals surface area contributed by atoms with Gasteiger partial charge >= 0.3 is 0 Å². The second-order valence-corrected chi connectivity index (χ2v) is 5.47. The van der Waals surface area contributed by atoms with Crippen LogP contribution in [0.3, 0.4) is 0 Å². The van der Waals surface area contributed by atoms with E-state index < -0.39 is 0 Å². The fraction of sp³-hybridized carbons (Fsp3) is 0.400. The summed E-state index contributed by atoms with van der Waals surface area (Å²) in [5, 5.41) is 11.6. The van der Waals surface area contributed by atoms with Crippen LogP contribution in [0.15, 0.2) is 30.3 Å². The number of anilines is 1. The van der Waals surface area contributed by atoms with Gasteiger partial charge in [0.15, 0.2) is 0 Å². The van der Waals surface area contributed by atoms with E-state index in [-0.39, 0.29) is 10.6 Å². The fourth-order valence-corrected chi connectivity index (χ4v) is 2.79. The third-order valence-corrected chi connectivity index (χ3v) is 4.14. The average molecular weight is 286 g/mol. The second-order valence-electron chi connectivity index (χ2n) is 5.47. The Hall–Kier alpha value is -2.21. The molecule has 1 saturated heterocycles. The third-order valence-electron chi connectivity index (χ3n) is 4.14. The highest BCUT2D eigenvalue weighted by molar-refractivity contribution is 5.82. The first kappa shape index (κ1) is 13.8. The molecule has 0 saturated carbocycles. The normalized spacial score (nSPS) is 16.3. The topological polar surface area (TPSA) is 85.3 Å². The summed E-state index contributed by atoms with van der Waals surface area (Å²) in [7, 11) is 0. The second kappa shape index (κ2) is 5.65. The first-order valence-electron chi connectivity index (χ1n) is 7.17. The number of nitro benzene ring substituents is 1. The van der Waals surface area contributed by atoms with E-state index in [4.69, 9.17) is 5.73 Å². The highest BCUT2D eigenvalue weighted by Crippen LogP contribution is 2.25. The standard InChI is InChI=1S/C15H18N4O2/c16-10-11-5-7-18(8-6-11)15-4-1-12-9-13(19(20)21)2-3-14(12)17-15/h1-4,9,11H,5-8,10,16H2. The summed E-state index contributed by atoms with van der Waals surface area (Å²) in [6.07, 6.45) is 2.19. The van der Waals surface area contributed by atoms with Gasteiger partial charge in [-0.05, 0) is 43.5 Å². The summed E-state index contributed by atoms with van der Waals surface area (Å²) in [6, 6.07) is 8.62. The molecule has 6 heteroatoms. The Labute approximate surface area is 122 Å². The molecule has 110 valence electrons. The summed E-state index contributed by atoms with van der Waals surface area (Å²) in [4.78, 5) is 17.3. The van der Waals surface area contributed by atoms with Crippen molar-refractivity contribution in [2.24, 2.45) is 11.7 Å². The van der Waals surface area contributed by atoms with E-state index in [9.17, 15) is 10.1 Å². The number of rotatable bonds is 3. The molecule has 2 aromatic rings. The van der Waals surface area contributed by atoms with E-state index >= 15 is 0 Å². The Morgan fingerprint density at radius 2 is 2.05 bits per heavy atom. The van der Waals surface area contributed by atoms with Gasteiger partial charge in [0, 0.05) is 30.6 Å². The molecule has 21 heavy (non-hydrogen) atoms. The van der Waals surface area contributed by atoms with Crippen molar-refractivity contribution in [3.63, 3.8) is 0 Å². The molecule has 0 amide bonds. The van der Waals surface area contributed by atoms with Crippen molar-refractivity contribution in [2.45, 2.75) is 12.8 Å². The zero-order valence-electron chi connectivity index (χ0n) is 11.7. The van der Waals surface area contributed by atoms with Crippen LogP contribution in [0.4, 0.5) is 11.5 Å². The molecule has 1 aliphatic rings. The van der Waals surface area contributed by atoms with Gasteiger partial charge in [0.1, 0.15) is 5.82 Å². The van der Waals surface area contributed by atoms with Crippen molar-refractivity contribution in [3.8, 4) is 0 Å². The van der Waals surface area contributed by atoms with Crippen LogP contribution in [-0.4, -0.2) is 29.5 Å². The van der Waals surface area contributed by atoms with Crippen molar-refractivity contribution in [1.29, 1.82) is 0 Å². The van der Waals surface area contributed by atoms with Gasteiger partial charge in [-0.2, -0.15) is 0 Å². The number of non-ortho nitro benzene ring substituents is 1. The largest absolute Gasteiger partial charge is 0.357 e. The number of nitro groups is 1. The van der Waals surface area contributed by atoms with Crippen molar-refractivity contribution >= 4 is 22.4 Å². The number of benzene rings is 1. The Balaban J connectivity index is 1.85. The maximum Gasteiger partial charge on any atom is 0.270 e. The molecule has 0 unspecified atom stereocenters. The van der Waals surface area contributed by atoms with Crippen LogP contribution in [0.25, 0.3) is 10.9 Å². The van der Waals surface area contributed by atoms with Crippen LogP contribution in [0.2, 0.25) is 0 Å². The van der Waals surface area contributed by atoms with Gasteiger partial charge in [-0.25, -0.2) is 4.98 Å². The number of aromatic nitrogens is 1. The van der Waals surface area contributed by atoms with Crippen molar-refractivity contribution < 1.29 is 4.92 Å². The number of hydrogen-bond acceptors (Lipinski definition) is 5. The molecule has 0 aliphatic carbocycles. The monoisotopic (exact) mass is 286 g/mol. The van der Waals surface area contributed by atoms with Crippen molar-refractivity contribution in [3.05, 3.63) is 40.4 Å². The molecule has 6 nitrogen and oxygen atoms in total. The number of fused-ring (bicyclic) bond motifs is 1. The van der Waals surface area contributed by atoms with E-state index in [2.05, 4.69) is 9.88 Å². The minimum atomic E-state index is -0.384. The Bertz CT molecular complexity index is 666. The van der Waals surface area contributed by atoms with Gasteiger partial charge < -0.3 is 10.6 Å². The van der Waals surface area contributed by atoms with E-state index in [0.717, 1.165) is 49.2 Å². The molecule has 0 bridgehead atoms. The molecule has 3 rings (SSSR count). The molecule has 1 fully saturated rings. The highest BCUT2D eigenvalue weighted by atomic mass is 16.6. The molecule has 2 N–H and O–H groups in total. The Kier molecular flexibility index (Phi) is 3.70. The van der Waals surface area contributed by atoms with Crippen LogP contribution in [0.5, 0.6) is 0 Å². The molecule has 0 atom stereocenters. The molecular formula is C15H18N4O2. The molecule has 2 heterocycles. The number of nitrogens with zero attached hydrogens (tertiary/aromatic N) is 3. The quantitative estimate of drug-likeness (QED) is 0.691. The number of pyridine rings is 1. The van der Waals surface area contributed by atoms with Crippen LogP contribution in [-0.2, 0) is 0 Å². The Morgan fingerprint density at radius 1 is 1.29 bits per heavy atom. The first-order valence-corrected chi connectivity index (χ1v) is 7.17. The third kappa shape index (κ3) is 2.80. The minimum absolute atomic E-state index is 0.0980. The van der Waals surface area contributed by atoms with Crippen molar-refractivity contribution in [2.75, 3.05) is 24.5 Å². The summed E-state index contributed by atoms with van der Waals surface area (Å²) < 4.78 is 0. The predicted octanol–water partition coefficient (Wildman–Crippen LogP) is 2.32. The maximum absolute atomic E-state index is 10.8. The summed E-state index contributed by atoms with van der Waals surface area (Å²) in [6.45, 7) is 2.68. The van der Waals surface area contributed by atoms with Gasteiger partial charge in [0.25, 0.3) is 5.69 Å². The SMILES string of the molecule is NCC1CCN(c2ccc3cc([N+](=O)[O-])ccc3n2)CC1.